The Kier molecular flexibility index (Phi) is 16.9. The predicted octanol–water partition coefficient (Wildman–Crippen LogP) is -1.74. The first-order valence-corrected chi connectivity index (χ1v) is 14.9. The molecule has 0 aliphatic rings. The van der Waals surface area contributed by atoms with Crippen LogP contribution in [0.25, 0.3) is 0 Å². The smallest absolute Gasteiger partial charge is 0.326 e. The number of rotatable bonds is 20. The molecule has 256 valence electrons. The second-order valence-corrected chi connectivity index (χ2v) is 11.7. The topological polar surface area (TPSA) is 266 Å². The van der Waals surface area contributed by atoms with Crippen LogP contribution in [0.5, 0.6) is 0 Å². The fraction of sp³-hybridized carbons (Fsp3) is 0.567. The lowest BCUT2D eigenvalue weighted by molar-refractivity contribution is -0.143. The van der Waals surface area contributed by atoms with Crippen LogP contribution in [0.3, 0.4) is 0 Å². The highest BCUT2D eigenvalue weighted by Gasteiger charge is 2.31. The van der Waals surface area contributed by atoms with Crippen LogP contribution in [0.2, 0.25) is 0 Å². The average molecular weight is 651 g/mol. The molecule has 16 nitrogen and oxygen atoms in total. The number of carbonyl (C=O) groups excluding carboxylic acids is 5. The van der Waals surface area contributed by atoms with Crippen molar-refractivity contribution >= 4 is 41.5 Å². The number of hydrogen-bond donors (Lipinski definition) is 9. The van der Waals surface area contributed by atoms with E-state index in [4.69, 9.17) is 5.73 Å². The lowest BCUT2D eigenvalue weighted by atomic mass is 10.0. The summed E-state index contributed by atoms with van der Waals surface area (Å²) >= 11 is 0. The van der Waals surface area contributed by atoms with Gasteiger partial charge in [0.1, 0.15) is 24.2 Å². The maximum Gasteiger partial charge on any atom is 0.326 e. The Morgan fingerprint density at radius 3 is 1.74 bits per heavy atom. The third-order valence-electron chi connectivity index (χ3n) is 6.57. The average Bonchev–Trinajstić information content (AvgIpc) is 2.97. The highest BCUT2D eigenvalue weighted by atomic mass is 16.4. The van der Waals surface area contributed by atoms with Gasteiger partial charge in [0.15, 0.2) is 0 Å². The molecule has 0 aliphatic heterocycles. The van der Waals surface area contributed by atoms with Crippen molar-refractivity contribution in [1.29, 1.82) is 0 Å². The van der Waals surface area contributed by atoms with Crippen molar-refractivity contribution < 1.29 is 48.9 Å². The fourth-order valence-electron chi connectivity index (χ4n) is 4.29. The normalized spacial score (nSPS) is 14.3. The SMILES string of the molecule is CC(C)C[C@H](NC(=O)[C@H](CO)NC(=O)CNC(=O)[C@H](CC(C)C)NC(=O)[C@H](CC(=O)O)NC(=O)[C@@H](N)Cc1ccccc1)C(=O)O. The van der Waals surface area contributed by atoms with Crippen LogP contribution in [0.4, 0.5) is 0 Å². The van der Waals surface area contributed by atoms with Gasteiger partial charge < -0.3 is 47.6 Å². The minimum absolute atomic E-state index is 0.0639. The number of benzene rings is 1. The first-order valence-electron chi connectivity index (χ1n) is 14.9. The Balaban J connectivity index is 2.87. The van der Waals surface area contributed by atoms with Crippen molar-refractivity contribution in [1.82, 2.24) is 26.6 Å². The Morgan fingerprint density at radius 2 is 1.22 bits per heavy atom. The van der Waals surface area contributed by atoms with Gasteiger partial charge in [-0.15, -0.1) is 0 Å². The third-order valence-corrected chi connectivity index (χ3v) is 6.57. The van der Waals surface area contributed by atoms with Gasteiger partial charge in [0.05, 0.1) is 25.6 Å². The molecule has 0 spiro atoms. The Hall–Kier alpha value is -4.57. The number of aliphatic carboxylic acids is 2. The summed E-state index contributed by atoms with van der Waals surface area (Å²) in [6, 6.07) is 2.19. The van der Waals surface area contributed by atoms with Crippen LogP contribution in [-0.4, -0.2) is 100 Å². The summed E-state index contributed by atoms with van der Waals surface area (Å²) in [6.45, 7) is 5.51. The number of carboxylic acid groups (broad SMARTS) is 2. The number of amides is 5. The van der Waals surface area contributed by atoms with Gasteiger partial charge in [-0.2, -0.15) is 0 Å². The standard InChI is InChI=1S/C30H46N6O10/c1-16(2)10-20(27(42)32-14-24(38)33-23(15-37)29(44)36-22(30(45)46)11-17(3)4)35-28(43)21(13-25(39)40)34-26(41)19(31)12-18-8-6-5-7-9-18/h5-9,16-17,19-23,37H,10-15,31H2,1-4H3,(H,32,42)(H,33,38)(H,34,41)(H,35,43)(H,36,44)(H,39,40)(H,45,46)/t19-,20-,21-,22-,23-/m0/s1. The van der Waals surface area contributed by atoms with E-state index < -0.39 is 91.3 Å². The number of hydrogen-bond acceptors (Lipinski definition) is 9. The summed E-state index contributed by atoms with van der Waals surface area (Å²) in [5.41, 5.74) is 6.72. The zero-order valence-electron chi connectivity index (χ0n) is 26.4. The highest BCUT2D eigenvalue weighted by molar-refractivity contribution is 5.96. The quantitative estimate of drug-likeness (QED) is 0.0764. The molecule has 1 aromatic carbocycles. The molecule has 16 heteroatoms. The molecule has 0 fully saturated rings. The summed E-state index contributed by atoms with van der Waals surface area (Å²) in [5.74, 6) is -7.25. The first kappa shape index (κ1) is 39.5. The van der Waals surface area contributed by atoms with Crippen molar-refractivity contribution in [2.24, 2.45) is 17.6 Å². The van der Waals surface area contributed by atoms with E-state index in [9.17, 15) is 48.9 Å². The van der Waals surface area contributed by atoms with Gasteiger partial charge in [-0.25, -0.2) is 4.79 Å². The molecule has 0 saturated carbocycles. The van der Waals surface area contributed by atoms with Gasteiger partial charge in [0.25, 0.3) is 0 Å². The zero-order valence-corrected chi connectivity index (χ0v) is 26.4. The van der Waals surface area contributed by atoms with Crippen molar-refractivity contribution in [3.05, 3.63) is 35.9 Å². The van der Waals surface area contributed by atoms with Crippen molar-refractivity contribution in [2.45, 2.75) is 83.6 Å². The van der Waals surface area contributed by atoms with Crippen molar-refractivity contribution in [3.8, 4) is 0 Å². The van der Waals surface area contributed by atoms with Crippen LogP contribution >= 0.6 is 0 Å². The van der Waals surface area contributed by atoms with Crippen LogP contribution in [0.15, 0.2) is 30.3 Å². The molecular weight excluding hydrogens is 604 g/mol. The second kappa shape index (κ2) is 19.7. The molecule has 0 radical (unpaired) electrons. The third kappa shape index (κ3) is 14.9. The Labute approximate surface area is 267 Å². The largest absolute Gasteiger partial charge is 0.481 e. The van der Waals surface area contributed by atoms with Crippen LogP contribution < -0.4 is 32.3 Å². The molecule has 1 rings (SSSR count). The minimum Gasteiger partial charge on any atom is -0.481 e. The number of aliphatic hydroxyl groups excluding tert-OH is 1. The molecule has 0 heterocycles. The number of nitrogens with one attached hydrogen (secondary N) is 5. The number of carboxylic acids is 2. The molecular formula is C30H46N6O10. The van der Waals surface area contributed by atoms with Crippen molar-refractivity contribution in [3.63, 3.8) is 0 Å². The highest BCUT2D eigenvalue weighted by Crippen LogP contribution is 2.08. The van der Waals surface area contributed by atoms with E-state index in [-0.39, 0.29) is 31.1 Å². The van der Waals surface area contributed by atoms with Gasteiger partial charge in [-0.3, -0.25) is 28.8 Å². The molecule has 46 heavy (non-hydrogen) atoms. The number of aliphatic hydroxyl groups is 1. The molecule has 5 atom stereocenters. The lowest BCUT2D eigenvalue weighted by Gasteiger charge is -2.24. The fourth-order valence-corrected chi connectivity index (χ4v) is 4.29. The summed E-state index contributed by atoms with van der Waals surface area (Å²) in [6.07, 6.45) is -0.470. The molecule has 0 saturated heterocycles. The van der Waals surface area contributed by atoms with Gasteiger partial charge >= 0.3 is 11.9 Å². The van der Waals surface area contributed by atoms with Crippen LogP contribution in [0.1, 0.15) is 52.5 Å². The van der Waals surface area contributed by atoms with E-state index in [1.54, 1.807) is 58.0 Å². The predicted molar refractivity (Wildman–Crippen MR) is 165 cm³/mol. The molecule has 1 aromatic rings. The molecule has 10 N–H and O–H groups in total. The second-order valence-electron chi connectivity index (χ2n) is 11.7. The van der Waals surface area contributed by atoms with Gasteiger partial charge in [0.2, 0.25) is 29.5 Å². The molecule has 5 amide bonds. The van der Waals surface area contributed by atoms with Crippen LogP contribution in [-0.2, 0) is 40.0 Å². The Morgan fingerprint density at radius 1 is 0.696 bits per heavy atom. The Bertz CT molecular complexity index is 1210. The van der Waals surface area contributed by atoms with E-state index in [2.05, 4.69) is 26.6 Å². The van der Waals surface area contributed by atoms with Crippen molar-refractivity contribution in [2.75, 3.05) is 13.2 Å². The van der Waals surface area contributed by atoms with Gasteiger partial charge in [0, 0.05) is 0 Å². The summed E-state index contributed by atoms with van der Waals surface area (Å²) in [7, 11) is 0. The number of carbonyl (C=O) groups is 7. The van der Waals surface area contributed by atoms with Crippen LogP contribution in [0, 0.1) is 11.8 Å². The minimum atomic E-state index is -1.56. The lowest BCUT2D eigenvalue weighted by Crippen LogP contribution is -2.57. The maximum absolute atomic E-state index is 13.1. The first-order chi connectivity index (χ1) is 21.5. The van der Waals surface area contributed by atoms with E-state index in [0.717, 1.165) is 5.56 Å². The zero-order chi connectivity index (χ0) is 35.0. The summed E-state index contributed by atoms with van der Waals surface area (Å²) in [5, 5.41) is 39.8. The molecule has 0 bridgehead atoms. The van der Waals surface area contributed by atoms with Gasteiger partial charge in [-0.05, 0) is 36.7 Å². The van der Waals surface area contributed by atoms with E-state index in [1.807, 2.05) is 0 Å². The van der Waals surface area contributed by atoms with E-state index >= 15 is 0 Å². The summed E-state index contributed by atoms with van der Waals surface area (Å²) in [4.78, 5) is 86.7. The molecule has 0 aromatic heterocycles. The van der Waals surface area contributed by atoms with Gasteiger partial charge in [-0.1, -0.05) is 58.0 Å². The van der Waals surface area contributed by atoms with E-state index in [0.29, 0.717) is 0 Å². The maximum atomic E-state index is 13.1. The monoisotopic (exact) mass is 650 g/mol. The molecule has 0 aliphatic carbocycles. The molecule has 0 unspecified atom stereocenters. The van der Waals surface area contributed by atoms with E-state index in [1.165, 1.54) is 0 Å². The number of nitrogens with two attached hydrogens (primary N) is 1. The summed E-state index contributed by atoms with van der Waals surface area (Å²) < 4.78 is 0.